The molecule has 0 aromatic carbocycles. The lowest BCUT2D eigenvalue weighted by molar-refractivity contribution is -0.153. The van der Waals surface area contributed by atoms with Crippen LogP contribution < -0.4 is 0 Å². The predicted octanol–water partition coefficient (Wildman–Crippen LogP) is 1.91. The molecule has 1 aliphatic carbocycles. The molecule has 5 nitrogen and oxygen atoms in total. The van der Waals surface area contributed by atoms with Crippen molar-refractivity contribution >= 4 is 11.9 Å². The molecule has 0 aliphatic heterocycles. The molecule has 1 fully saturated rings. The summed E-state index contributed by atoms with van der Waals surface area (Å²) in [6.07, 6.45) is 3.19. The minimum Gasteiger partial charge on any atom is -0.481 e. The van der Waals surface area contributed by atoms with Crippen molar-refractivity contribution < 1.29 is 19.4 Å². The van der Waals surface area contributed by atoms with E-state index < -0.39 is 11.4 Å². The number of aliphatic carboxylic acids is 1. The van der Waals surface area contributed by atoms with Crippen molar-refractivity contribution in [3.8, 4) is 0 Å². The number of nitrogens with zero attached hydrogens (tertiary/aromatic N) is 1. The SMILES string of the molecule is CCOCCN(CC)C(=O)CC1(C(=O)O)CCCC1. The molecule has 0 radical (unpaired) electrons. The molecule has 0 aromatic rings. The van der Waals surface area contributed by atoms with Gasteiger partial charge in [0, 0.05) is 26.1 Å². The topological polar surface area (TPSA) is 66.8 Å². The van der Waals surface area contributed by atoms with Crippen LogP contribution in [0.15, 0.2) is 0 Å². The van der Waals surface area contributed by atoms with Crippen molar-refractivity contribution in [1.29, 1.82) is 0 Å². The summed E-state index contributed by atoms with van der Waals surface area (Å²) in [7, 11) is 0. The van der Waals surface area contributed by atoms with Crippen LogP contribution >= 0.6 is 0 Å². The number of ether oxygens (including phenoxy) is 1. The number of hydrogen-bond donors (Lipinski definition) is 1. The zero-order chi connectivity index (χ0) is 14.3. The van der Waals surface area contributed by atoms with Crippen molar-refractivity contribution in [2.24, 2.45) is 5.41 Å². The summed E-state index contributed by atoms with van der Waals surface area (Å²) in [5.74, 6) is -0.884. The first-order valence-electron chi connectivity index (χ1n) is 7.14. The Labute approximate surface area is 114 Å². The molecule has 0 atom stereocenters. The zero-order valence-electron chi connectivity index (χ0n) is 12.0. The van der Waals surface area contributed by atoms with E-state index in [9.17, 15) is 14.7 Å². The third-order valence-electron chi connectivity index (χ3n) is 3.95. The summed E-state index contributed by atoms with van der Waals surface area (Å²) >= 11 is 0. The maximum Gasteiger partial charge on any atom is 0.310 e. The van der Waals surface area contributed by atoms with Crippen LogP contribution in [0.1, 0.15) is 46.0 Å². The van der Waals surface area contributed by atoms with Crippen LogP contribution in [0.3, 0.4) is 0 Å². The lowest BCUT2D eigenvalue weighted by Gasteiger charge is -2.27. The van der Waals surface area contributed by atoms with E-state index in [0.717, 1.165) is 12.8 Å². The van der Waals surface area contributed by atoms with Crippen LogP contribution in [-0.4, -0.2) is 48.2 Å². The predicted molar refractivity (Wildman–Crippen MR) is 71.9 cm³/mol. The van der Waals surface area contributed by atoms with Gasteiger partial charge in [-0.15, -0.1) is 0 Å². The van der Waals surface area contributed by atoms with Crippen LogP contribution in [0.2, 0.25) is 0 Å². The average Bonchev–Trinajstić information content (AvgIpc) is 2.84. The third-order valence-corrected chi connectivity index (χ3v) is 3.95. The number of carbonyl (C=O) groups is 2. The highest BCUT2D eigenvalue weighted by molar-refractivity contribution is 5.85. The Kier molecular flexibility index (Phi) is 6.28. The quantitative estimate of drug-likeness (QED) is 0.685. The van der Waals surface area contributed by atoms with E-state index in [4.69, 9.17) is 4.74 Å². The smallest absolute Gasteiger partial charge is 0.310 e. The second-order valence-electron chi connectivity index (χ2n) is 5.14. The first-order chi connectivity index (χ1) is 9.05. The van der Waals surface area contributed by atoms with Gasteiger partial charge < -0.3 is 14.7 Å². The van der Waals surface area contributed by atoms with E-state index in [1.807, 2.05) is 13.8 Å². The standard InChI is InChI=1S/C14H25NO4/c1-3-15(9-10-19-4-2)12(16)11-14(13(17)18)7-5-6-8-14/h3-11H2,1-2H3,(H,17,18). The summed E-state index contributed by atoms with van der Waals surface area (Å²) in [5, 5.41) is 9.39. The lowest BCUT2D eigenvalue weighted by Crippen LogP contribution is -2.39. The van der Waals surface area contributed by atoms with E-state index in [0.29, 0.717) is 39.1 Å². The Hall–Kier alpha value is -1.10. The lowest BCUT2D eigenvalue weighted by atomic mass is 9.82. The number of carbonyl (C=O) groups excluding carboxylic acids is 1. The fraction of sp³-hybridized carbons (Fsp3) is 0.857. The van der Waals surface area contributed by atoms with E-state index in [2.05, 4.69) is 0 Å². The Morgan fingerprint density at radius 1 is 1.26 bits per heavy atom. The van der Waals surface area contributed by atoms with Crippen molar-refractivity contribution in [3.05, 3.63) is 0 Å². The minimum atomic E-state index is -0.823. The van der Waals surface area contributed by atoms with Crippen LogP contribution in [0.5, 0.6) is 0 Å². The number of carboxylic acid groups (broad SMARTS) is 1. The van der Waals surface area contributed by atoms with Gasteiger partial charge in [-0.2, -0.15) is 0 Å². The summed E-state index contributed by atoms with van der Waals surface area (Å²) < 4.78 is 5.25. The molecule has 0 heterocycles. The van der Waals surface area contributed by atoms with Crippen LogP contribution in [-0.2, 0) is 14.3 Å². The Morgan fingerprint density at radius 3 is 2.37 bits per heavy atom. The van der Waals surface area contributed by atoms with E-state index >= 15 is 0 Å². The fourth-order valence-electron chi connectivity index (χ4n) is 2.70. The van der Waals surface area contributed by atoms with Gasteiger partial charge in [-0.25, -0.2) is 0 Å². The van der Waals surface area contributed by atoms with Gasteiger partial charge in [0.05, 0.1) is 12.0 Å². The number of amides is 1. The number of likely N-dealkylation sites (N-methyl/N-ethyl adjacent to an activating group) is 1. The van der Waals surface area contributed by atoms with Crippen LogP contribution in [0.4, 0.5) is 0 Å². The van der Waals surface area contributed by atoms with Gasteiger partial charge in [-0.3, -0.25) is 9.59 Å². The minimum absolute atomic E-state index is 0.0634. The molecule has 110 valence electrons. The van der Waals surface area contributed by atoms with Crippen molar-refractivity contribution in [2.75, 3.05) is 26.3 Å². The molecule has 5 heteroatoms. The average molecular weight is 271 g/mol. The second kappa shape index (κ2) is 7.48. The monoisotopic (exact) mass is 271 g/mol. The highest BCUT2D eigenvalue weighted by Crippen LogP contribution is 2.41. The van der Waals surface area contributed by atoms with Crippen molar-refractivity contribution in [2.45, 2.75) is 46.0 Å². The number of carboxylic acids is 1. The van der Waals surface area contributed by atoms with Gasteiger partial charge in [0.1, 0.15) is 0 Å². The molecule has 0 bridgehead atoms. The molecule has 0 unspecified atom stereocenters. The molecular weight excluding hydrogens is 246 g/mol. The summed E-state index contributed by atoms with van der Waals surface area (Å²) in [5.41, 5.74) is -0.823. The summed E-state index contributed by atoms with van der Waals surface area (Å²) in [6.45, 7) is 6.10. The molecule has 0 aromatic heterocycles. The Morgan fingerprint density at radius 2 is 1.89 bits per heavy atom. The highest BCUT2D eigenvalue weighted by atomic mass is 16.5. The van der Waals surface area contributed by atoms with Crippen LogP contribution in [0, 0.1) is 5.41 Å². The van der Waals surface area contributed by atoms with Gasteiger partial charge in [-0.1, -0.05) is 12.8 Å². The molecular formula is C14H25NO4. The van der Waals surface area contributed by atoms with Gasteiger partial charge in [-0.05, 0) is 26.7 Å². The maximum absolute atomic E-state index is 12.2. The zero-order valence-corrected chi connectivity index (χ0v) is 12.0. The molecule has 0 saturated heterocycles. The van der Waals surface area contributed by atoms with E-state index in [1.54, 1.807) is 4.90 Å². The first-order valence-corrected chi connectivity index (χ1v) is 7.14. The largest absolute Gasteiger partial charge is 0.481 e. The molecule has 19 heavy (non-hydrogen) atoms. The molecule has 0 spiro atoms. The summed E-state index contributed by atoms with van der Waals surface area (Å²) in [4.78, 5) is 25.4. The highest BCUT2D eigenvalue weighted by Gasteiger charge is 2.43. The second-order valence-corrected chi connectivity index (χ2v) is 5.14. The van der Waals surface area contributed by atoms with Gasteiger partial charge in [0.25, 0.3) is 0 Å². The Bertz CT molecular complexity index is 311. The number of hydrogen-bond acceptors (Lipinski definition) is 3. The first kappa shape index (κ1) is 16.0. The van der Waals surface area contributed by atoms with E-state index in [1.165, 1.54) is 0 Å². The third kappa shape index (κ3) is 4.20. The van der Waals surface area contributed by atoms with Crippen molar-refractivity contribution in [1.82, 2.24) is 4.90 Å². The van der Waals surface area contributed by atoms with Crippen LogP contribution in [0.25, 0.3) is 0 Å². The molecule has 1 rings (SSSR count). The van der Waals surface area contributed by atoms with Gasteiger partial charge in [0.2, 0.25) is 5.91 Å². The van der Waals surface area contributed by atoms with Crippen molar-refractivity contribution in [3.63, 3.8) is 0 Å². The molecule has 1 aliphatic rings. The van der Waals surface area contributed by atoms with E-state index in [-0.39, 0.29) is 12.3 Å². The normalized spacial score (nSPS) is 17.4. The molecule has 1 saturated carbocycles. The molecule has 1 amide bonds. The van der Waals surface area contributed by atoms with Gasteiger partial charge >= 0.3 is 5.97 Å². The maximum atomic E-state index is 12.2. The molecule has 1 N–H and O–H groups in total. The number of rotatable bonds is 8. The Balaban J connectivity index is 2.57. The fourth-order valence-corrected chi connectivity index (χ4v) is 2.70. The van der Waals surface area contributed by atoms with Gasteiger partial charge in [0.15, 0.2) is 0 Å². The summed E-state index contributed by atoms with van der Waals surface area (Å²) in [6, 6.07) is 0.